The summed E-state index contributed by atoms with van der Waals surface area (Å²) in [5.41, 5.74) is 6.13. The van der Waals surface area contributed by atoms with Gasteiger partial charge in [0.15, 0.2) is 0 Å². The van der Waals surface area contributed by atoms with Crippen molar-refractivity contribution in [3.05, 3.63) is 70.0 Å². The SMILES string of the molecule is Cc1ccccc1C1(C)CC(C)(C)c2c(C)cc(F)cc21. The summed E-state index contributed by atoms with van der Waals surface area (Å²) in [6.45, 7) is 11.0. The van der Waals surface area contributed by atoms with Crippen molar-refractivity contribution in [3.8, 4) is 0 Å². The molecule has 1 aliphatic rings. The van der Waals surface area contributed by atoms with Crippen LogP contribution in [0.25, 0.3) is 0 Å². The zero-order valence-electron chi connectivity index (χ0n) is 13.5. The van der Waals surface area contributed by atoms with Gasteiger partial charge in [-0.15, -0.1) is 0 Å². The lowest BCUT2D eigenvalue weighted by molar-refractivity contribution is 0.423. The number of aryl methyl sites for hydroxylation is 2. The number of rotatable bonds is 1. The third kappa shape index (κ3) is 2.02. The maximum absolute atomic E-state index is 14.0. The van der Waals surface area contributed by atoms with Gasteiger partial charge in [0.25, 0.3) is 0 Å². The first kappa shape index (κ1) is 14.3. The summed E-state index contributed by atoms with van der Waals surface area (Å²) in [6.07, 6.45) is 1.02. The molecule has 1 atom stereocenters. The monoisotopic (exact) mass is 282 g/mol. The van der Waals surface area contributed by atoms with Crippen LogP contribution in [0.3, 0.4) is 0 Å². The van der Waals surface area contributed by atoms with Crippen LogP contribution >= 0.6 is 0 Å². The number of hydrogen-bond donors (Lipinski definition) is 0. The van der Waals surface area contributed by atoms with Crippen LogP contribution in [0.4, 0.5) is 4.39 Å². The van der Waals surface area contributed by atoms with Gasteiger partial charge in [0.1, 0.15) is 5.82 Å². The van der Waals surface area contributed by atoms with Crippen LogP contribution in [0, 0.1) is 19.7 Å². The molecule has 2 aromatic rings. The Labute approximate surface area is 127 Å². The van der Waals surface area contributed by atoms with E-state index < -0.39 is 0 Å². The Bertz CT molecular complexity index is 712. The van der Waals surface area contributed by atoms with Crippen LogP contribution in [-0.4, -0.2) is 0 Å². The first-order chi connectivity index (χ1) is 9.75. The molecule has 1 unspecified atom stereocenters. The molecular weight excluding hydrogens is 259 g/mol. The lowest BCUT2D eigenvalue weighted by Crippen LogP contribution is -2.24. The molecule has 0 heterocycles. The van der Waals surface area contributed by atoms with E-state index in [1.165, 1.54) is 22.3 Å². The average molecular weight is 282 g/mol. The Morgan fingerprint density at radius 2 is 1.57 bits per heavy atom. The summed E-state index contributed by atoms with van der Waals surface area (Å²) in [5.74, 6) is -0.122. The Morgan fingerprint density at radius 3 is 2.24 bits per heavy atom. The first-order valence-corrected chi connectivity index (χ1v) is 7.63. The molecule has 3 rings (SSSR count). The Balaban J connectivity index is 2.32. The van der Waals surface area contributed by atoms with E-state index in [2.05, 4.69) is 52.0 Å². The third-order valence-electron chi connectivity index (χ3n) is 5.11. The van der Waals surface area contributed by atoms with Crippen molar-refractivity contribution in [2.75, 3.05) is 0 Å². The van der Waals surface area contributed by atoms with Crippen molar-refractivity contribution in [2.24, 2.45) is 0 Å². The molecule has 0 saturated heterocycles. The molecule has 0 bridgehead atoms. The second-order valence-corrected chi connectivity index (χ2v) is 7.35. The summed E-state index contributed by atoms with van der Waals surface area (Å²) < 4.78 is 14.0. The molecule has 0 amide bonds. The maximum Gasteiger partial charge on any atom is 0.123 e. The molecule has 0 aromatic heterocycles. The minimum Gasteiger partial charge on any atom is -0.207 e. The van der Waals surface area contributed by atoms with E-state index in [1.54, 1.807) is 12.1 Å². The molecule has 1 heteroatoms. The minimum atomic E-state index is -0.122. The van der Waals surface area contributed by atoms with Crippen molar-refractivity contribution in [1.82, 2.24) is 0 Å². The van der Waals surface area contributed by atoms with Gasteiger partial charge in [-0.3, -0.25) is 0 Å². The molecule has 110 valence electrons. The zero-order chi connectivity index (χ0) is 15.4. The van der Waals surface area contributed by atoms with Crippen molar-refractivity contribution in [1.29, 1.82) is 0 Å². The maximum atomic E-state index is 14.0. The van der Waals surface area contributed by atoms with E-state index in [-0.39, 0.29) is 16.6 Å². The number of halogens is 1. The van der Waals surface area contributed by atoms with Gasteiger partial charge < -0.3 is 0 Å². The molecule has 1 aliphatic carbocycles. The molecule has 0 nitrogen and oxygen atoms in total. The highest BCUT2D eigenvalue weighted by atomic mass is 19.1. The van der Waals surface area contributed by atoms with Crippen LogP contribution in [0.2, 0.25) is 0 Å². The van der Waals surface area contributed by atoms with Gasteiger partial charge in [0, 0.05) is 5.41 Å². The number of fused-ring (bicyclic) bond motifs is 1. The van der Waals surface area contributed by atoms with Crippen molar-refractivity contribution < 1.29 is 4.39 Å². The lowest BCUT2D eigenvalue weighted by Gasteiger charge is -2.30. The van der Waals surface area contributed by atoms with E-state index >= 15 is 0 Å². The van der Waals surface area contributed by atoms with Gasteiger partial charge in [-0.25, -0.2) is 4.39 Å². The second kappa shape index (κ2) is 4.43. The van der Waals surface area contributed by atoms with E-state index in [1.807, 2.05) is 6.92 Å². The predicted octanol–water partition coefficient (Wildman–Crippen LogP) is 5.43. The predicted molar refractivity (Wildman–Crippen MR) is 86.4 cm³/mol. The van der Waals surface area contributed by atoms with Crippen molar-refractivity contribution in [2.45, 2.75) is 51.9 Å². The Morgan fingerprint density at radius 1 is 0.905 bits per heavy atom. The normalized spacial score (nSPS) is 23.1. The summed E-state index contributed by atoms with van der Waals surface area (Å²) >= 11 is 0. The molecule has 0 saturated carbocycles. The first-order valence-electron chi connectivity index (χ1n) is 7.63. The van der Waals surface area contributed by atoms with Crippen LogP contribution in [0.1, 0.15) is 55.0 Å². The summed E-state index contributed by atoms with van der Waals surface area (Å²) in [6, 6.07) is 11.9. The summed E-state index contributed by atoms with van der Waals surface area (Å²) in [7, 11) is 0. The fourth-order valence-electron chi connectivity index (χ4n) is 4.58. The van der Waals surface area contributed by atoms with Gasteiger partial charge in [0.2, 0.25) is 0 Å². The molecular formula is C20H23F. The third-order valence-corrected chi connectivity index (χ3v) is 5.11. The lowest BCUT2D eigenvalue weighted by atomic mass is 9.73. The summed E-state index contributed by atoms with van der Waals surface area (Å²) in [5, 5.41) is 0. The van der Waals surface area contributed by atoms with Gasteiger partial charge in [-0.2, -0.15) is 0 Å². The summed E-state index contributed by atoms with van der Waals surface area (Å²) in [4.78, 5) is 0. The fourth-order valence-corrected chi connectivity index (χ4v) is 4.58. The Kier molecular flexibility index (Phi) is 3.02. The topological polar surface area (TPSA) is 0 Å². The highest BCUT2D eigenvalue weighted by molar-refractivity contribution is 5.55. The minimum absolute atomic E-state index is 0.0736. The molecule has 0 spiro atoms. The largest absolute Gasteiger partial charge is 0.207 e. The molecule has 0 N–H and O–H groups in total. The van der Waals surface area contributed by atoms with Crippen LogP contribution < -0.4 is 0 Å². The molecule has 0 radical (unpaired) electrons. The standard InChI is InChI=1S/C20H23F/c1-13-8-6-7-9-16(13)20(5)12-19(3,4)18-14(2)10-15(21)11-17(18)20/h6-11H,12H2,1-5H3. The van der Waals surface area contributed by atoms with Crippen LogP contribution in [-0.2, 0) is 10.8 Å². The smallest absolute Gasteiger partial charge is 0.123 e. The fraction of sp³-hybridized carbons (Fsp3) is 0.400. The number of hydrogen-bond acceptors (Lipinski definition) is 0. The average Bonchev–Trinajstić information content (AvgIpc) is 2.57. The second-order valence-electron chi connectivity index (χ2n) is 7.35. The Hall–Kier alpha value is -1.63. The molecule has 0 aliphatic heterocycles. The highest BCUT2D eigenvalue weighted by Crippen LogP contribution is 2.54. The van der Waals surface area contributed by atoms with Crippen molar-refractivity contribution >= 4 is 0 Å². The highest BCUT2D eigenvalue weighted by Gasteiger charge is 2.47. The quantitative estimate of drug-likeness (QED) is 0.654. The van der Waals surface area contributed by atoms with Crippen LogP contribution in [0.5, 0.6) is 0 Å². The van der Waals surface area contributed by atoms with E-state index in [9.17, 15) is 4.39 Å². The van der Waals surface area contributed by atoms with Crippen LogP contribution in [0.15, 0.2) is 36.4 Å². The van der Waals surface area contributed by atoms with Gasteiger partial charge in [0.05, 0.1) is 0 Å². The molecule has 2 aromatic carbocycles. The molecule has 21 heavy (non-hydrogen) atoms. The van der Waals surface area contributed by atoms with Gasteiger partial charge in [-0.1, -0.05) is 45.0 Å². The molecule has 0 fully saturated rings. The van der Waals surface area contributed by atoms with Gasteiger partial charge in [-0.05, 0) is 65.6 Å². The number of benzene rings is 2. The van der Waals surface area contributed by atoms with Gasteiger partial charge >= 0.3 is 0 Å². The zero-order valence-corrected chi connectivity index (χ0v) is 13.5. The van der Waals surface area contributed by atoms with E-state index in [0.29, 0.717) is 0 Å². The van der Waals surface area contributed by atoms with E-state index in [4.69, 9.17) is 0 Å². The van der Waals surface area contributed by atoms with E-state index in [0.717, 1.165) is 12.0 Å². The van der Waals surface area contributed by atoms with Crippen molar-refractivity contribution in [3.63, 3.8) is 0 Å².